The van der Waals surface area contributed by atoms with E-state index in [4.69, 9.17) is 9.15 Å². The Morgan fingerprint density at radius 2 is 1.88 bits per heavy atom. The van der Waals surface area contributed by atoms with Gasteiger partial charge in [-0.2, -0.15) is 0 Å². The molecule has 0 saturated heterocycles. The predicted octanol–water partition coefficient (Wildman–Crippen LogP) is 2.81. The van der Waals surface area contributed by atoms with Crippen molar-refractivity contribution in [2.24, 2.45) is 0 Å². The highest BCUT2D eigenvalue weighted by molar-refractivity contribution is 5.62. The van der Waals surface area contributed by atoms with Crippen LogP contribution in [0.15, 0.2) is 53.2 Å². The highest BCUT2D eigenvalue weighted by Gasteiger charge is 2.14. The van der Waals surface area contributed by atoms with Crippen molar-refractivity contribution in [2.45, 2.75) is 13.0 Å². The summed E-state index contributed by atoms with van der Waals surface area (Å²) in [6.07, 6.45) is 4.58. The third-order valence-corrected chi connectivity index (χ3v) is 3.74. The maximum atomic E-state index is 5.78. The standard InChI is InChI=1S/C18H20N4O2/c1-22(12-9-14-7-10-19-11-8-14)13-17-20-21-18(24-17)15-5-3-4-6-16(15)23-2/h3-8,10-11H,9,12-13H2,1-2H3. The largest absolute Gasteiger partial charge is 0.496 e. The molecule has 0 N–H and O–H groups in total. The Hall–Kier alpha value is -2.73. The molecule has 0 aliphatic heterocycles. The number of hydrogen-bond acceptors (Lipinski definition) is 6. The number of nitrogens with zero attached hydrogens (tertiary/aromatic N) is 4. The van der Waals surface area contributed by atoms with Gasteiger partial charge >= 0.3 is 0 Å². The highest BCUT2D eigenvalue weighted by atomic mass is 16.5. The molecule has 0 amide bonds. The van der Waals surface area contributed by atoms with Gasteiger partial charge in [0.1, 0.15) is 5.75 Å². The van der Waals surface area contributed by atoms with Crippen LogP contribution in [0.3, 0.4) is 0 Å². The molecule has 0 unspecified atom stereocenters. The minimum atomic E-state index is 0.477. The van der Waals surface area contributed by atoms with E-state index in [-0.39, 0.29) is 0 Å². The normalized spacial score (nSPS) is 11.0. The Labute approximate surface area is 141 Å². The van der Waals surface area contributed by atoms with E-state index >= 15 is 0 Å². The second-order valence-corrected chi connectivity index (χ2v) is 5.54. The number of pyridine rings is 1. The summed E-state index contributed by atoms with van der Waals surface area (Å²) in [6, 6.07) is 11.7. The van der Waals surface area contributed by atoms with Crippen molar-refractivity contribution < 1.29 is 9.15 Å². The molecule has 0 saturated carbocycles. The van der Waals surface area contributed by atoms with Gasteiger partial charge in [0.25, 0.3) is 5.89 Å². The lowest BCUT2D eigenvalue weighted by Crippen LogP contribution is -2.20. The van der Waals surface area contributed by atoms with Crippen LogP contribution in [0, 0.1) is 0 Å². The van der Waals surface area contributed by atoms with Crippen molar-refractivity contribution in [1.29, 1.82) is 0 Å². The van der Waals surface area contributed by atoms with Crippen molar-refractivity contribution in [3.63, 3.8) is 0 Å². The lowest BCUT2D eigenvalue weighted by Gasteiger charge is -2.13. The molecule has 0 aliphatic carbocycles. The number of ether oxygens (including phenoxy) is 1. The highest BCUT2D eigenvalue weighted by Crippen LogP contribution is 2.28. The number of rotatable bonds is 7. The molecular formula is C18H20N4O2. The Morgan fingerprint density at radius 3 is 2.67 bits per heavy atom. The first-order valence-electron chi connectivity index (χ1n) is 7.79. The monoisotopic (exact) mass is 324 g/mol. The topological polar surface area (TPSA) is 64.3 Å². The molecule has 0 bridgehead atoms. The van der Waals surface area contributed by atoms with E-state index in [0.29, 0.717) is 18.3 Å². The van der Waals surface area contributed by atoms with E-state index in [1.165, 1.54) is 5.56 Å². The molecule has 0 fully saturated rings. The zero-order valence-corrected chi connectivity index (χ0v) is 13.8. The first-order chi connectivity index (χ1) is 11.8. The van der Waals surface area contributed by atoms with Crippen LogP contribution in [0.4, 0.5) is 0 Å². The van der Waals surface area contributed by atoms with Gasteiger partial charge in [-0.1, -0.05) is 12.1 Å². The fraction of sp³-hybridized carbons (Fsp3) is 0.278. The summed E-state index contributed by atoms with van der Waals surface area (Å²) in [4.78, 5) is 6.18. The lowest BCUT2D eigenvalue weighted by atomic mass is 10.2. The van der Waals surface area contributed by atoms with Crippen molar-refractivity contribution >= 4 is 0 Å². The van der Waals surface area contributed by atoms with Gasteiger partial charge in [-0.3, -0.25) is 9.88 Å². The van der Waals surface area contributed by atoms with Crippen molar-refractivity contribution in [3.8, 4) is 17.2 Å². The third-order valence-electron chi connectivity index (χ3n) is 3.74. The third kappa shape index (κ3) is 3.97. The maximum absolute atomic E-state index is 5.78. The number of benzene rings is 1. The van der Waals surface area contributed by atoms with Crippen LogP contribution in [-0.2, 0) is 13.0 Å². The molecule has 124 valence electrons. The first kappa shape index (κ1) is 16.1. The summed E-state index contributed by atoms with van der Waals surface area (Å²) in [6.45, 7) is 1.50. The second kappa shape index (κ2) is 7.70. The molecule has 3 rings (SSSR count). The molecule has 0 spiro atoms. The van der Waals surface area contributed by atoms with Crippen molar-refractivity contribution in [1.82, 2.24) is 20.1 Å². The SMILES string of the molecule is COc1ccccc1-c1nnc(CN(C)CCc2ccncc2)o1. The summed E-state index contributed by atoms with van der Waals surface area (Å²) in [7, 11) is 3.66. The van der Waals surface area contributed by atoms with Crippen LogP contribution < -0.4 is 4.74 Å². The zero-order chi connectivity index (χ0) is 16.8. The van der Waals surface area contributed by atoms with Gasteiger partial charge in [0.05, 0.1) is 19.2 Å². The molecular weight excluding hydrogens is 304 g/mol. The Balaban J connectivity index is 1.61. The van der Waals surface area contributed by atoms with Crippen LogP contribution in [0.1, 0.15) is 11.5 Å². The summed E-state index contributed by atoms with van der Waals surface area (Å²) in [5, 5.41) is 8.27. The Bertz CT molecular complexity index is 773. The fourth-order valence-electron chi connectivity index (χ4n) is 2.43. The predicted molar refractivity (Wildman–Crippen MR) is 90.6 cm³/mol. The summed E-state index contributed by atoms with van der Waals surface area (Å²) < 4.78 is 11.1. The molecule has 0 atom stereocenters. The van der Waals surface area contributed by atoms with E-state index in [1.807, 2.05) is 55.8 Å². The van der Waals surface area contributed by atoms with Gasteiger partial charge in [0.15, 0.2) is 0 Å². The first-order valence-corrected chi connectivity index (χ1v) is 7.79. The van der Waals surface area contributed by atoms with Crippen LogP contribution >= 0.6 is 0 Å². The second-order valence-electron chi connectivity index (χ2n) is 5.54. The zero-order valence-electron chi connectivity index (χ0n) is 13.8. The molecule has 2 aromatic heterocycles. The molecule has 0 aliphatic rings. The quantitative estimate of drug-likeness (QED) is 0.666. The number of para-hydroxylation sites is 1. The number of likely N-dealkylation sites (N-methyl/N-ethyl adjacent to an activating group) is 1. The van der Waals surface area contributed by atoms with Gasteiger partial charge in [-0.15, -0.1) is 10.2 Å². The maximum Gasteiger partial charge on any atom is 0.251 e. The van der Waals surface area contributed by atoms with Crippen molar-refractivity contribution in [2.75, 3.05) is 20.7 Å². The molecule has 2 heterocycles. The molecule has 3 aromatic rings. The average Bonchev–Trinajstić information content (AvgIpc) is 3.09. The fourth-order valence-corrected chi connectivity index (χ4v) is 2.43. The van der Waals surface area contributed by atoms with Crippen molar-refractivity contribution in [3.05, 3.63) is 60.2 Å². The van der Waals surface area contributed by atoms with Crippen LogP contribution in [0.5, 0.6) is 5.75 Å². The Morgan fingerprint density at radius 1 is 1.08 bits per heavy atom. The van der Waals surface area contributed by atoms with Gasteiger partial charge in [0, 0.05) is 18.9 Å². The van der Waals surface area contributed by atoms with E-state index in [0.717, 1.165) is 24.3 Å². The van der Waals surface area contributed by atoms with Crippen LogP contribution in [0.25, 0.3) is 11.5 Å². The van der Waals surface area contributed by atoms with E-state index in [2.05, 4.69) is 20.1 Å². The minimum Gasteiger partial charge on any atom is -0.496 e. The van der Waals surface area contributed by atoms with E-state index in [1.54, 1.807) is 7.11 Å². The molecule has 0 radical (unpaired) electrons. The summed E-state index contributed by atoms with van der Waals surface area (Å²) in [5.74, 6) is 1.79. The average molecular weight is 324 g/mol. The van der Waals surface area contributed by atoms with Crippen LogP contribution in [0.2, 0.25) is 0 Å². The molecule has 24 heavy (non-hydrogen) atoms. The summed E-state index contributed by atoms with van der Waals surface area (Å²) >= 11 is 0. The minimum absolute atomic E-state index is 0.477. The van der Waals surface area contributed by atoms with Gasteiger partial charge in [-0.25, -0.2) is 0 Å². The molecule has 1 aromatic carbocycles. The number of hydrogen-bond donors (Lipinski definition) is 0. The van der Waals surface area contributed by atoms with Gasteiger partial charge in [0.2, 0.25) is 5.89 Å². The number of aromatic nitrogens is 3. The molecule has 6 nitrogen and oxygen atoms in total. The lowest BCUT2D eigenvalue weighted by molar-refractivity contribution is 0.293. The van der Waals surface area contributed by atoms with Gasteiger partial charge in [-0.05, 0) is 43.3 Å². The van der Waals surface area contributed by atoms with Crippen LogP contribution in [-0.4, -0.2) is 40.8 Å². The van der Waals surface area contributed by atoms with E-state index in [9.17, 15) is 0 Å². The van der Waals surface area contributed by atoms with E-state index < -0.39 is 0 Å². The van der Waals surface area contributed by atoms with Gasteiger partial charge < -0.3 is 9.15 Å². The summed E-state index contributed by atoms with van der Waals surface area (Å²) in [5.41, 5.74) is 2.07. The smallest absolute Gasteiger partial charge is 0.251 e. The molecule has 6 heteroatoms. The number of methoxy groups -OCH3 is 1. The Kier molecular flexibility index (Phi) is 5.18.